The van der Waals surface area contributed by atoms with Crippen LogP contribution < -0.4 is 0 Å². The molecule has 0 aromatic heterocycles. The number of methoxy groups -OCH3 is 1. The van der Waals surface area contributed by atoms with Gasteiger partial charge in [0.1, 0.15) is 12.8 Å². The molecule has 6 heteroatoms. The third-order valence-electron chi connectivity index (χ3n) is 3.15. The summed E-state index contributed by atoms with van der Waals surface area (Å²) in [6.45, 7) is 8.09. The fourth-order valence-corrected chi connectivity index (χ4v) is 3.01. The highest BCUT2D eigenvalue weighted by atomic mass is 35.5. The molecule has 106 valence electrons. The van der Waals surface area contributed by atoms with Gasteiger partial charge in [-0.15, -0.1) is 11.6 Å². The lowest BCUT2D eigenvalue weighted by Gasteiger charge is -2.25. The summed E-state index contributed by atoms with van der Waals surface area (Å²) in [6.07, 6.45) is 1.55. The number of nitrogens with zero attached hydrogens (tertiary/aromatic N) is 1. The molecule has 0 bridgehead atoms. The van der Waals surface area contributed by atoms with Crippen LogP contribution in [0.2, 0.25) is 25.7 Å². The van der Waals surface area contributed by atoms with Crippen LogP contribution in [0.25, 0.3) is 0 Å². The number of halogens is 1. The molecule has 1 rings (SSSR count). The maximum absolute atomic E-state index is 11.6. The molecule has 1 aliphatic rings. The van der Waals surface area contributed by atoms with Crippen LogP contribution in [0.3, 0.4) is 0 Å². The summed E-state index contributed by atoms with van der Waals surface area (Å²) in [5, 5.41) is 0. The van der Waals surface area contributed by atoms with E-state index < -0.39 is 8.07 Å². The first-order chi connectivity index (χ1) is 8.35. The van der Waals surface area contributed by atoms with Gasteiger partial charge in [0.25, 0.3) is 0 Å². The van der Waals surface area contributed by atoms with E-state index in [4.69, 9.17) is 21.1 Å². The Balaban J connectivity index is 2.36. The number of ether oxygens (including phenoxy) is 2. The van der Waals surface area contributed by atoms with Crippen molar-refractivity contribution in [1.29, 1.82) is 0 Å². The summed E-state index contributed by atoms with van der Waals surface area (Å²) in [5.74, 6) is -0.216. The van der Waals surface area contributed by atoms with Gasteiger partial charge in [-0.3, -0.25) is 9.69 Å². The topological polar surface area (TPSA) is 38.8 Å². The fraction of sp³-hybridized carbons (Fsp3) is 0.917. The Hall–Kier alpha value is -0.103. The summed E-state index contributed by atoms with van der Waals surface area (Å²) in [6, 6.07) is 0.876. The van der Waals surface area contributed by atoms with Crippen LogP contribution in [-0.4, -0.2) is 50.9 Å². The molecule has 2 atom stereocenters. The van der Waals surface area contributed by atoms with E-state index in [1.54, 1.807) is 0 Å². The number of rotatable bonds is 6. The van der Waals surface area contributed by atoms with Crippen molar-refractivity contribution >= 4 is 25.6 Å². The van der Waals surface area contributed by atoms with Gasteiger partial charge >= 0.3 is 5.97 Å². The standard InChI is InChI=1S/C12H24ClNO3Si/c1-16-12(15)10-5-6-11(13)14(10)9-17-7-8-18(2,3)4/h10-11H,5-9H2,1-4H3. The van der Waals surface area contributed by atoms with E-state index in [-0.39, 0.29) is 17.5 Å². The lowest BCUT2D eigenvalue weighted by atomic mass is 10.2. The Morgan fingerprint density at radius 1 is 1.39 bits per heavy atom. The molecule has 0 aromatic carbocycles. The second-order valence-corrected chi connectivity index (χ2v) is 12.0. The van der Waals surface area contributed by atoms with Crippen molar-refractivity contribution in [3.8, 4) is 0 Å². The Bertz CT molecular complexity index is 283. The normalized spacial score (nSPS) is 25.4. The predicted octanol–water partition coefficient (Wildman–Crippen LogP) is 2.50. The minimum Gasteiger partial charge on any atom is -0.468 e. The Morgan fingerprint density at radius 3 is 2.61 bits per heavy atom. The molecule has 0 saturated carbocycles. The van der Waals surface area contributed by atoms with Gasteiger partial charge in [0.05, 0.1) is 12.6 Å². The third kappa shape index (κ3) is 4.88. The number of esters is 1. The Morgan fingerprint density at radius 2 is 2.06 bits per heavy atom. The minimum absolute atomic E-state index is 0.124. The molecule has 18 heavy (non-hydrogen) atoms. The molecule has 0 aliphatic carbocycles. The predicted molar refractivity (Wildman–Crippen MR) is 75.5 cm³/mol. The summed E-state index contributed by atoms with van der Waals surface area (Å²) in [5.41, 5.74) is -0.124. The zero-order valence-corrected chi connectivity index (χ0v) is 13.5. The smallest absolute Gasteiger partial charge is 0.323 e. The molecule has 2 unspecified atom stereocenters. The van der Waals surface area contributed by atoms with Crippen LogP contribution in [0.1, 0.15) is 12.8 Å². The van der Waals surface area contributed by atoms with Gasteiger partial charge in [-0.25, -0.2) is 0 Å². The third-order valence-corrected chi connectivity index (χ3v) is 5.32. The fourth-order valence-electron chi connectivity index (χ4n) is 1.93. The van der Waals surface area contributed by atoms with Crippen molar-refractivity contribution in [3.05, 3.63) is 0 Å². The van der Waals surface area contributed by atoms with Gasteiger partial charge in [0.2, 0.25) is 0 Å². The quantitative estimate of drug-likeness (QED) is 0.248. The van der Waals surface area contributed by atoms with Crippen LogP contribution in [0, 0.1) is 0 Å². The number of carbonyl (C=O) groups is 1. The number of carbonyl (C=O) groups excluding carboxylic acids is 1. The lowest BCUT2D eigenvalue weighted by Crippen LogP contribution is -2.41. The second-order valence-electron chi connectivity index (χ2n) is 5.91. The van der Waals surface area contributed by atoms with Crippen LogP contribution in [0.15, 0.2) is 0 Å². The van der Waals surface area contributed by atoms with E-state index in [1.807, 2.05) is 4.90 Å². The monoisotopic (exact) mass is 293 g/mol. The summed E-state index contributed by atoms with van der Waals surface area (Å²) >= 11 is 6.19. The highest BCUT2D eigenvalue weighted by Crippen LogP contribution is 2.27. The Kier molecular flexibility index (Phi) is 6.11. The van der Waals surface area contributed by atoms with E-state index in [1.165, 1.54) is 7.11 Å². The zero-order valence-electron chi connectivity index (χ0n) is 11.7. The summed E-state index contributed by atoms with van der Waals surface area (Å²) in [4.78, 5) is 13.5. The summed E-state index contributed by atoms with van der Waals surface area (Å²) in [7, 11) is 0.346. The minimum atomic E-state index is -1.06. The Labute approximate surface area is 116 Å². The van der Waals surface area contributed by atoms with Crippen LogP contribution >= 0.6 is 11.6 Å². The molecule has 0 amide bonds. The first-order valence-corrected chi connectivity index (χ1v) is 10.5. The first-order valence-electron chi connectivity index (χ1n) is 6.40. The van der Waals surface area contributed by atoms with Crippen molar-refractivity contribution in [2.45, 2.75) is 50.1 Å². The number of alkyl halides is 1. The van der Waals surface area contributed by atoms with Crippen molar-refractivity contribution in [1.82, 2.24) is 4.90 Å². The van der Waals surface area contributed by atoms with Crippen molar-refractivity contribution in [2.75, 3.05) is 20.4 Å². The highest BCUT2D eigenvalue weighted by molar-refractivity contribution is 6.76. The second kappa shape index (κ2) is 6.89. The van der Waals surface area contributed by atoms with Crippen LogP contribution in [-0.2, 0) is 14.3 Å². The summed E-state index contributed by atoms with van der Waals surface area (Å²) < 4.78 is 10.4. The van der Waals surface area contributed by atoms with E-state index >= 15 is 0 Å². The first kappa shape index (κ1) is 16.0. The molecule has 1 saturated heterocycles. The van der Waals surface area contributed by atoms with Crippen LogP contribution in [0.4, 0.5) is 0 Å². The lowest BCUT2D eigenvalue weighted by molar-refractivity contribution is -0.148. The average molecular weight is 294 g/mol. The number of hydrogen-bond donors (Lipinski definition) is 0. The molecule has 1 fully saturated rings. The van der Waals surface area contributed by atoms with Crippen molar-refractivity contribution < 1.29 is 14.3 Å². The van der Waals surface area contributed by atoms with E-state index in [9.17, 15) is 4.79 Å². The molecule has 0 radical (unpaired) electrons. The molecule has 0 aromatic rings. The van der Waals surface area contributed by atoms with Gasteiger partial charge in [-0.2, -0.15) is 0 Å². The maximum atomic E-state index is 11.6. The molecule has 0 spiro atoms. The molecular formula is C12H24ClNO3Si. The largest absolute Gasteiger partial charge is 0.468 e. The van der Waals surface area contributed by atoms with Gasteiger partial charge in [-0.05, 0) is 18.9 Å². The molecule has 1 heterocycles. The van der Waals surface area contributed by atoms with Gasteiger partial charge in [0.15, 0.2) is 0 Å². The van der Waals surface area contributed by atoms with E-state index in [0.717, 1.165) is 25.5 Å². The maximum Gasteiger partial charge on any atom is 0.323 e. The number of likely N-dealkylation sites (tertiary alicyclic amines) is 1. The zero-order chi connectivity index (χ0) is 13.8. The van der Waals surface area contributed by atoms with Crippen LogP contribution in [0.5, 0.6) is 0 Å². The molecule has 1 aliphatic heterocycles. The molecule has 0 N–H and O–H groups in total. The number of hydrogen-bond acceptors (Lipinski definition) is 4. The van der Waals surface area contributed by atoms with Gasteiger partial charge in [0, 0.05) is 14.7 Å². The van der Waals surface area contributed by atoms with E-state index in [2.05, 4.69) is 19.6 Å². The highest BCUT2D eigenvalue weighted by Gasteiger charge is 2.37. The van der Waals surface area contributed by atoms with Gasteiger partial charge < -0.3 is 9.47 Å². The SMILES string of the molecule is COC(=O)C1CCC(Cl)N1COCC[Si](C)(C)C. The van der Waals surface area contributed by atoms with Gasteiger partial charge in [-0.1, -0.05) is 19.6 Å². The van der Waals surface area contributed by atoms with Crippen molar-refractivity contribution in [3.63, 3.8) is 0 Å². The van der Waals surface area contributed by atoms with E-state index in [0.29, 0.717) is 6.73 Å². The molecular weight excluding hydrogens is 270 g/mol. The van der Waals surface area contributed by atoms with Crippen molar-refractivity contribution in [2.24, 2.45) is 0 Å². The average Bonchev–Trinajstić information content (AvgIpc) is 2.64. The molecule has 4 nitrogen and oxygen atoms in total.